The molecule has 0 aromatic carbocycles. The fraction of sp³-hybridized carbons (Fsp3) is 0.222. The van der Waals surface area contributed by atoms with Crippen molar-refractivity contribution in [3.63, 3.8) is 0 Å². The molecule has 2 aromatic heterocycles. The molecule has 1 amide bonds. The van der Waals surface area contributed by atoms with E-state index in [2.05, 4.69) is 20.5 Å². The van der Waals surface area contributed by atoms with Crippen molar-refractivity contribution in [1.82, 2.24) is 15.2 Å². The molecule has 7 heteroatoms. The number of carbonyl (C=O) groups excluding carboxylic acids is 1. The summed E-state index contributed by atoms with van der Waals surface area (Å²) in [4.78, 5) is 15.4. The van der Waals surface area contributed by atoms with Crippen LogP contribution < -0.4 is 10.1 Å². The minimum Gasteiger partial charge on any atom is -0.466 e. The van der Waals surface area contributed by atoms with Gasteiger partial charge < -0.3 is 4.74 Å². The molecule has 0 spiro atoms. The molecule has 0 fully saturated rings. The van der Waals surface area contributed by atoms with Crippen LogP contribution in [0.15, 0.2) is 16.8 Å². The number of hydrogen-bond donors (Lipinski definition) is 2. The molecule has 0 unspecified atom stereocenters. The SMILES string of the molecule is COc1n[nH]c(NC(=O)Cc2ccsc2)n1. The van der Waals surface area contributed by atoms with Crippen molar-refractivity contribution in [1.29, 1.82) is 0 Å². The Morgan fingerprint density at radius 1 is 1.69 bits per heavy atom. The maximum Gasteiger partial charge on any atom is 0.336 e. The van der Waals surface area contributed by atoms with E-state index in [-0.39, 0.29) is 17.9 Å². The summed E-state index contributed by atoms with van der Waals surface area (Å²) in [5, 5.41) is 12.7. The third kappa shape index (κ3) is 2.57. The van der Waals surface area contributed by atoms with Crippen LogP contribution in [0.4, 0.5) is 5.95 Å². The zero-order valence-corrected chi connectivity index (χ0v) is 9.37. The molecule has 0 aliphatic rings. The number of aromatic amines is 1. The van der Waals surface area contributed by atoms with Crippen molar-refractivity contribution in [2.75, 3.05) is 12.4 Å². The van der Waals surface area contributed by atoms with Crippen LogP contribution in [0.1, 0.15) is 5.56 Å². The summed E-state index contributed by atoms with van der Waals surface area (Å²) in [6, 6.07) is 2.11. The number of amides is 1. The van der Waals surface area contributed by atoms with Crippen LogP contribution in [0.25, 0.3) is 0 Å². The zero-order valence-electron chi connectivity index (χ0n) is 8.56. The maximum absolute atomic E-state index is 11.5. The van der Waals surface area contributed by atoms with Gasteiger partial charge in [-0.2, -0.15) is 16.3 Å². The second-order valence-electron chi connectivity index (χ2n) is 3.03. The van der Waals surface area contributed by atoms with Crippen molar-refractivity contribution in [2.24, 2.45) is 0 Å². The van der Waals surface area contributed by atoms with Gasteiger partial charge in [0.25, 0.3) is 0 Å². The van der Waals surface area contributed by atoms with E-state index in [4.69, 9.17) is 4.74 Å². The number of aromatic nitrogens is 3. The van der Waals surface area contributed by atoms with Gasteiger partial charge in [0.15, 0.2) is 0 Å². The Labute approximate surface area is 95.7 Å². The maximum atomic E-state index is 11.5. The molecule has 16 heavy (non-hydrogen) atoms. The lowest BCUT2D eigenvalue weighted by molar-refractivity contribution is -0.115. The number of hydrogen-bond acceptors (Lipinski definition) is 5. The lowest BCUT2D eigenvalue weighted by Crippen LogP contribution is -2.14. The van der Waals surface area contributed by atoms with Gasteiger partial charge in [-0.05, 0) is 22.4 Å². The van der Waals surface area contributed by atoms with Crippen molar-refractivity contribution in [3.8, 4) is 6.01 Å². The Morgan fingerprint density at radius 3 is 3.19 bits per heavy atom. The Kier molecular flexibility index (Phi) is 3.16. The van der Waals surface area contributed by atoms with E-state index in [0.29, 0.717) is 6.42 Å². The summed E-state index contributed by atoms with van der Waals surface area (Å²) in [6.45, 7) is 0. The number of nitrogens with zero attached hydrogens (tertiary/aromatic N) is 2. The lowest BCUT2D eigenvalue weighted by Gasteiger charge is -1.98. The van der Waals surface area contributed by atoms with Crippen molar-refractivity contribution >= 4 is 23.2 Å². The zero-order chi connectivity index (χ0) is 11.4. The fourth-order valence-corrected chi connectivity index (χ4v) is 1.82. The normalized spacial score (nSPS) is 10.1. The minimum atomic E-state index is -0.141. The van der Waals surface area contributed by atoms with E-state index in [1.807, 2.05) is 16.8 Å². The van der Waals surface area contributed by atoms with Gasteiger partial charge in [0.1, 0.15) is 0 Å². The predicted molar refractivity (Wildman–Crippen MR) is 59.6 cm³/mol. The monoisotopic (exact) mass is 238 g/mol. The molecule has 2 heterocycles. The molecule has 0 aliphatic heterocycles. The highest BCUT2D eigenvalue weighted by molar-refractivity contribution is 7.08. The summed E-state index contributed by atoms with van der Waals surface area (Å²) in [7, 11) is 1.46. The molecule has 0 radical (unpaired) electrons. The van der Waals surface area contributed by atoms with Crippen molar-refractivity contribution in [2.45, 2.75) is 6.42 Å². The number of carbonyl (C=O) groups is 1. The van der Waals surface area contributed by atoms with Crippen LogP contribution in [0.2, 0.25) is 0 Å². The average molecular weight is 238 g/mol. The molecule has 6 nitrogen and oxygen atoms in total. The second kappa shape index (κ2) is 4.75. The fourth-order valence-electron chi connectivity index (χ4n) is 1.15. The highest BCUT2D eigenvalue weighted by atomic mass is 32.1. The van der Waals surface area contributed by atoms with Gasteiger partial charge in [0.2, 0.25) is 11.9 Å². The standard InChI is InChI=1S/C9H10N4O2S/c1-15-9-11-8(12-13-9)10-7(14)4-6-2-3-16-5-6/h2-3,5H,4H2,1H3,(H2,10,11,12,13,14). The van der Waals surface area contributed by atoms with Crippen LogP contribution >= 0.6 is 11.3 Å². The van der Waals surface area contributed by atoms with E-state index in [9.17, 15) is 4.79 Å². The summed E-state index contributed by atoms with van der Waals surface area (Å²) in [5.41, 5.74) is 0.981. The van der Waals surface area contributed by atoms with E-state index >= 15 is 0 Å². The average Bonchev–Trinajstić information content (AvgIpc) is 2.89. The highest BCUT2D eigenvalue weighted by Crippen LogP contribution is 2.08. The van der Waals surface area contributed by atoms with Crippen LogP contribution in [0, 0.1) is 0 Å². The number of nitrogens with one attached hydrogen (secondary N) is 2. The van der Waals surface area contributed by atoms with E-state index < -0.39 is 0 Å². The van der Waals surface area contributed by atoms with Gasteiger partial charge in [0.05, 0.1) is 13.5 Å². The molecule has 0 aliphatic carbocycles. The molecule has 2 rings (SSSR count). The molecular weight excluding hydrogens is 228 g/mol. The van der Waals surface area contributed by atoms with Gasteiger partial charge in [0, 0.05) is 0 Å². The first-order valence-electron chi connectivity index (χ1n) is 4.55. The Hall–Kier alpha value is -1.89. The molecule has 2 N–H and O–H groups in total. The third-order valence-corrected chi connectivity index (χ3v) is 2.58. The van der Waals surface area contributed by atoms with Crippen LogP contribution in [0.3, 0.4) is 0 Å². The lowest BCUT2D eigenvalue weighted by atomic mass is 10.2. The Balaban J connectivity index is 1.92. The number of ether oxygens (including phenoxy) is 1. The summed E-state index contributed by atoms with van der Waals surface area (Å²) in [6.07, 6.45) is 0.326. The van der Waals surface area contributed by atoms with Gasteiger partial charge >= 0.3 is 6.01 Å². The topological polar surface area (TPSA) is 79.9 Å². The first kappa shape index (κ1) is 10.6. The molecule has 84 valence electrons. The molecule has 0 bridgehead atoms. The summed E-state index contributed by atoms with van der Waals surface area (Å²) in [5.74, 6) is 0.147. The first-order valence-corrected chi connectivity index (χ1v) is 5.49. The van der Waals surface area contributed by atoms with E-state index in [0.717, 1.165) is 5.56 Å². The van der Waals surface area contributed by atoms with Crippen LogP contribution in [-0.4, -0.2) is 28.2 Å². The largest absolute Gasteiger partial charge is 0.466 e. The van der Waals surface area contributed by atoms with Crippen molar-refractivity contribution in [3.05, 3.63) is 22.4 Å². The van der Waals surface area contributed by atoms with Crippen LogP contribution in [0.5, 0.6) is 6.01 Å². The number of rotatable bonds is 4. The highest BCUT2D eigenvalue weighted by Gasteiger charge is 2.08. The Bertz CT molecular complexity index is 466. The molecule has 2 aromatic rings. The molecule has 0 saturated heterocycles. The van der Waals surface area contributed by atoms with E-state index in [1.165, 1.54) is 7.11 Å². The van der Waals surface area contributed by atoms with Gasteiger partial charge in [-0.3, -0.25) is 10.1 Å². The second-order valence-corrected chi connectivity index (χ2v) is 3.81. The van der Waals surface area contributed by atoms with Gasteiger partial charge in [-0.25, -0.2) is 5.10 Å². The Morgan fingerprint density at radius 2 is 2.56 bits per heavy atom. The number of methoxy groups -OCH3 is 1. The molecular formula is C9H10N4O2S. The third-order valence-electron chi connectivity index (χ3n) is 1.85. The number of thiophene rings is 1. The quantitative estimate of drug-likeness (QED) is 0.834. The van der Waals surface area contributed by atoms with Crippen LogP contribution in [-0.2, 0) is 11.2 Å². The predicted octanol–water partition coefficient (Wildman–Crippen LogP) is 1.06. The van der Waals surface area contributed by atoms with E-state index in [1.54, 1.807) is 11.3 Å². The summed E-state index contributed by atoms with van der Waals surface area (Å²) >= 11 is 1.56. The van der Waals surface area contributed by atoms with Crippen molar-refractivity contribution < 1.29 is 9.53 Å². The molecule has 0 atom stereocenters. The number of anilines is 1. The number of H-pyrrole nitrogens is 1. The van der Waals surface area contributed by atoms with Gasteiger partial charge in [-0.1, -0.05) is 0 Å². The first-order chi connectivity index (χ1) is 7.78. The smallest absolute Gasteiger partial charge is 0.336 e. The van der Waals surface area contributed by atoms with Gasteiger partial charge in [-0.15, -0.1) is 5.10 Å². The minimum absolute atomic E-state index is 0.141. The summed E-state index contributed by atoms with van der Waals surface area (Å²) < 4.78 is 4.78. The molecule has 0 saturated carbocycles.